The average Bonchev–Trinajstić information content (AvgIpc) is 2.87. The van der Waals surface area contributed by atoms with E-state index in [1.54, 1.807) is 66.7 Å². The van der Waals surface area contributed by atoms with Gasteiger partial charge in [-0.15, -0.1) is 0 Å². The predicted octanol–water partition coefficient (Wildman–Crippen LogP) is 4.23. The number of esters is 1. The topological polar surface area (TPSA) is 95.5 Å². The summed E-state index contributed by atoms with van der Waals surface area (Å²) < 4.78 is 21.5. The van der Waals surface area contributed by atoms with Crippen molar-refractivity contribution in [2.75, 3.05) is 20.3 Å². The van der Waals surface area contributed by atoms with E-state index in [0.29, 0.717) is 40.7 Å². The first-order valence-electron chi connectivity index (χ1n) is 10.7. The molecule has 176 valence electrons. The lowest BCUT2D eigenvalue weighted by Gasteiger charge is -2.09. The SMILES string of the molecule is CCCOc1ccc(C(=O)Oc2ccc(C=NNC(=O)COc3ccccc3OC)cc2)cc1. The highest BCUT2D eigenvalue weighted by Gasteiger charge is 2.09. The van der Waals surface area contributed by atoms with Gasteiger partial charge in [0.2, 0.25) is 0 Å². The number of nitrogens with zero attached hydrogens (tertiary/aromatic N) is 1. The van der Waals surface area contributed by atoms with Crippen molar-refractivity contribution in [3.05, 3.63) is 83.9 Å². The first-order valence-corrected chi connectivity index (χ1v) is 10.7. The summed E-state index contributed by atoms with van der Waals surface area (Å²) in [6, 6.07) is 20.6. The zero-order chi connectivity index (χ0) is 24.2. The molecule has 3 aromatic rings. The molecule has 0 atom stereocenters. The minimum Gasteiger partial charge on any atom is -0.494 e. The summed E-state index contributed by atoms with van der Waals surface area (Å²) in [6.45, 7) is 2.44. The maximum atomic E-state index is 12.3. The highest BCUT2D eigenvalue weighted by Crippen LogP contribution is 2.25. The summed E-state index contributed by atoms with van der Waals surface area (Å²) in [6.07, 6.45) is 2.39. The molecule has 0 unspecified atom stereocenters. The zero-order valence-corrected chi connectivity index (χ0v) is 19.0. The van der Waals surface area contributed by atoms with E-state index in [1.807, 2.05) is 13.0 Å². The minimum absolute atomic E-state index is 0.210. The number of para-hydroxylation sites is 2. The Balaban J connectivity index is 1.45. The average molecular weight is 463 g/mol. The van der Waals surface area contributed by atoms with Gasteiger partial charge >= 0.3 is 5.97 Å². The second-order valence-electron chi connectivity index (χ2n) is 7.06. The van der Waals surface area contributed by atoms with Gasteiger partial charge in [0.15, 0.2) is 18.1 Å². The van der Waals surface area contributed by atoms with Crippen LogP contribution in [-0.4, -0.2) is 38.4 Å². The van der Waals surface area contributed by atoms with Crippen LogP contribution >= 0.6 is 0 Å². The molecule has 1 amide bonds. The van der Waals surface area contributed by atoms with Crippen LogP contribution in [-0.2, 0) is 4.79 Å². The number of carbonyl (C=O) groups excluding carboxylic acids is 2. The molecule has 0 heterocycles. The van der Waals surface area contributed by atoms with Crippen molar-refractivity contribution in [2.24, 2.45) is 5.10 Å². The van der Waals surface area contributed by atoms with Crippen molar-refractivity contribution in [3.8, 4) is 23.0 Å². The second-order valence-corrected chi connectivity index (χ2v) is 7.06. The van der Waals surface area contributed by atoms with Crippen LogP contribution in [0.4, 0.5) is 0 Å². The quantitative estimate of drug-likeness (QED) is 0.198. The Morgan fingerprint density at radius 2 is 1.56 bits per heavy atom. The number of amides is 1. The number of hydrazone groups is 1. The number of ether oxygens (including phenoxy) is 4. The molecular weight excluding hydrogens is 436 g/mol. The van der Waals surface area contributed by atoms with Crippen molar-refractivity contribution in [1.29, 1.82) is 0 Å². The number of carbonyl (C=O) groups is 2. The summed E-state index contributed by atoms with van der Waals surface area (Å²) >= 11 is 0. The van der Waals surface area contributed by atoms with Gasteiger partial charge in [0.05, 0.1) is 25.5 Å². The molecule has 3 aromatic carbocycles. The minimum atomic E-state index is -0.467. The molecule has 0 fully saturated rings. The van der Waals surface area contributed by atoms with E-state index < -0.39 is 11.9 Å². The van der Waals surface area contributed by atoms with Gasteiger partial charge in [-0.05, 0) is 72.6 Å². The van der Waals surface area contributed by atoms with E-state index in [4.69, 9.17) is 18.9 Å². The van der Waals surface area contributed by atoms with Crippen LogP contribution < -0.4 is 24.4 Å². The van der Waals surface area contributed by atoms with Crippen LogP contribution in [0.15, 0.2) is 77.9 Å². The van der Waals surface area contributed by atoms with E-state index in [1.165, 1.54) is 13.3 Å². The molecule has 0 aromatic heterocycles. The lowest BCUT2D eigenvalue weighted by molar-refractivity contribution is -0.123. The molecule has 1 N–H and O–H groups in total. The third kappa shape index (κ3) is 7.37. The molecule has 0 aliphatic heterocycles. The first kappa shape index (κ1) is 24.3. The fourth-order valence-corrected chi connectivity index (χ4v) is 2.79. The lowest BCUT2D eigenvalue weighted by atomic mass is 10.2. The monoisotopic (exact) mass is 462 g/mol. The van der Waals surface area contributed by atoms with Gasteiger partial charge in [-0.25, -0.2) is 10.2 Å². The van der Waals surface area contributed by atoms with Crippen molar-refractivity contribution < 1.29 is 28.5 Å². The predicted molar refractivity (Wildman–Crippen MR) is 128 cm³/mol. The number of nitrogens with one attached hydrogen (secondary N) is 1. The fourth-order valence-electron chi connectivity index (χ4n) is 2.79. The largest absolute Gasteiger partial charge is 0.494 e. The molecule has 0 spiro atoms. The van der Waals surface area contributed by atoms with Crippen molar-refractivity contribution >= 4 is 18.1 Å². The maximum absolute atomic E-state index is 12.3. The van der Waals surface area contributed by atoms with Crippen LogP contribution in [0.3, 0.4) is 0 Å². The molecular formula is C26H26N2O6. The van der Waals surface area contributed by atoms with E-state index >= 15 is 0 Å². The van der Waals surface area contributed by atoms with E-state index in [2.05, 4.69) is 10.5 Å². The lowest BCUT2D eigenvalue weighted by Crippen LogP contribution is -2.24. The Kier molecular flexibility index (Phi) is 9.04. The third-order valence-corrected chi connectivity index (χ3v) is 4.48. The van der Waals surface area contributed by atoms with Gasteiger partial charge in [-0.3, -0.25) is 4.79 Å². The Bertz CT molecular complexity index is 1110. The number of hydrogen-bond donors (Lipinski definition) is 1. The standard InChI is InChI=1S/C26H26N2O6/c1-3-16-32-21-14-10-20(11-15-21)26(30)34-22-12-8-19(9-13-22)17-27-28-25(29)18-33-24-7-5-4-6-23(24)31-2/h4-15,17H,3,16,18H2,1-2H3,(H,28,29). The summed E-state index contributed by atoms with van der Waals surface area (Å²) in [5, 5.41) is 3.91. The number of methoxy groups -OCH3 is 1. The molecule has 0 aliphatic carbocycles. The van der Waals surface area contributed by atoms with E-state index in [9.17, 15) is 9.59 Å². The van der Waals surface area contributed by atoms with Crippen molar-refractivity contribution in [2.45, 2.75) is 13.3 Å². The number of hydrogen-bond acceptors (Lipinski definition) is 7. The smallest absolute Gasteiger partial charge is 0.343 e. The highest BCUT2D eigenvalue weighted by molar-refractivity contribution is 5.91. The molecule has 0 aliphatic rings. The van der Waals surface area contributed by atoms with Gasteiger partial charge in [0.1, 0.15) is 11.5 Å². The summed E-state index contributed by atoms with van der Waals surface area (Å²) in [5.74, 6) is 1.22. The summed E-state index contributed by atoms with van der Waals surface area (Å²) in [5.41, 5.74) is 3.53. The highest BCUT2D eigenvalue weighted by atomic mass is 16.5. The molecule has 34 heavy (non-hydrogen) atoms. The Hall–Kier alpha value is -4.33. The van der Waals surface area contributed by atoms with Crippen molar-refractivity contribution in [1.82, 2.24) is 5.43 Å². The summed E-state index contributed by atoms with van der Waals surface area (Å²) in [4.78, 5) is 24.3. The van der Waals surface area contributed by atoms with Gasteiger partial charge in [0.25, 0.3) is 5.91 Å². The molecule has 0 saturated heterocycles. The van der Waals surface area contributed by atoms with Gasteiger partial charge < -0.3 is 18.9 Å². The second kappa shape index (κ2) is 12.6. The number of rotatable bonds is 11. The normalized spacial score (nSPS) is 10.5. The van der Waals surface area contributed by atoms with Gasteiger partial charge in [0, 0.05) is 0 Å². The fraction of sp³-hybridized carbons (Fsp3) is 0.192. The van der Waals surface area contributed by atoms with Crippen LogP contribution in [0.5, 0.6) is 23.0 Å². The molecule has 0 saturated carbocycles. The molecule has 8 nitrogen and oxygen atoms in total. The van der Waals surface area contributed by atoms with E-state index in [0.717, 1.165) is 6.42 Å². The molecule has 8 heteroatoms. The van der Waals surface area contributed by atoms with E-state index in [-0.39, 0.29) is 6.61 Å². The Labute approximate surface area is 198 Å². The Morgan fingerprint density at radius 3 is 2.24 bits per heavy atom. The molecule has 0 bridgehead atoms. The third-order valence-electron chi connectivity index (χ3n) is 4.48. The van der Waals surface area contributed by atoms with Crippen LogP contribution in [0, 0.1) is 0 Å². The van der Waals surface area contributed by atoms with Crippen LogP contribution in [0.1, 0.15) is 29.3 Å². The van der Waals surface area contributed by atoms with Crippen LogP contribution in [0.2, 0.25) is 0 Å². The Morgan fingerprint density at radius 1 is 0.882 bits per heavy atom. The zero-order valence-electron chi connectivity index (χ0n) is 19.0. The maximum Gasteiger partial charge on any atom is 0.343 e. The van der Waals surface area contributed by atoms with Crippen molar-refractivity contribution in [3.63, 3.8) is 0 Å². The van der Waals surface area contributed by atoms with Crippen LogP contribution in [0.25, 0.3) is 0 Å². The molecule has 3 rings (SSSR count). The first-order chi connectivity index (χ1) is 16.6. The molecule has 0 radical (unpaired) electrons. The van der Waals surface area contributed by atoms with Gasteiger partial charge in [-0.2, -0.15) is 5.10 Å². The number of benzene rings is 3. The van der Waals surface area contributed by atoms with Gasteiger partial charge in [-0.1, -0.05) is 19.1 Å². The summed E-state index contributed by atoms with van der Waals surface area (Å²) in [7, 11) is 1.53.